The fourth-order valence-corrected chi connectivity index (χ4v) is 6.20. The van der Waals surface area contributed by atoms with Crippen molar-refractivity contribution in [3.8, 4) is 5.75 Å². The van der Waals surface area contributed by atoms with Gasteiger partial charge in [0.15, 0.2) is 0 Å². The zero-order valence-corrected chi connectivity index (χ0v) is 20.6. The Morgan fingerprint density at radius 1 is 0.892 bits per heavy atom. The summed E-state index contributed by atoms with van der Waals surface area (Å²) in [5.41, 5.74) is 1.61. The predicted octanol–water partition coefficient (Wildman–Crippen LogP) is 3.75. The van der Waals surface area contributed by atoms with Gasteiger partial charge < -0.3 is 9.64 Å². The highest BCUT2D eigenvalue weighted by Crippen LogP contribution is 2.55. The molecule has 2 fully saturated rings. The van der Waals surface area contributed by atoms with Crippen LogP contribution in [0.15, 0.2) is 84.9 Å². The summed E-state index contributed by atoms with van der Waals surface area (Å²) in [5.74, 6) is -2.02. The van der Waals surface area contributed by atoms with Gasteiger partial charge >= 0.3 is 0 Å². The van der Waals surface area contributed by atoms with Gasteiger partial charge in [-0.25, -0.2) is 4.90 Å². The minimum atomic E-state index is -1.31. The number of methoxy groups -OCH3 is 1. The molecule has 1 spiro atoms. The Labute approximate surface area is 215 Å². The molecule has 0 bridgehead atoms. The van der Waals surface area contributed by atoms with E-state index in [4.69, 9.17) is 4.74 Å². The molecule has 186 valence electrons. The van der Waals surface area contributed by atoms with Crippen LogP contribution in [0.1, 0.15) is 18.1 Å². The third-order valence-electron chi connectivity index (χ3n) is 7.74. The number of rotatable bonds is 5. The van der Waals surface area contributed by atoms with E-state index in [0.717, 1.165) is 16.8 Å². The van der Waals surface area contributed by atoms with Crippen LogP contribution in [-0.4, -0.2) is 37.4 Å². The molecule has 3 aromatic carbocycles. The predicted molar refractivity (Wildman–Crippen MR) is 141 cm³/mol. The van der Waals surface area contributed by atoms with Crippen LogP contribution < -0.4 is 19.9 Å². The minimum Gasteiger partial charge on any atom is -0.495 e. The van der Waals surface area contributed by atoms with Gasteiger partial charge in [-0.15, -0.1) is 0 Å². The molecule has 2 saturated heterocycles. The SMILES string of the molecule is COc1ccccc1N1C(=O)[C@@H]2[C@@H](C1=O)[C@]1(N[C@@H]2C)C(=O)N(C/C=C\c2ccccc2)c2ccccc21. The van der Waals surface area contributed by atoms with Gasteiger partial charge in [-0.05, 0) is 30.7 Å². The number of para-hydroxylation sites is 3. The van der Waals surface area contributed by atoms with Crippen molar-refractivity contribution in [2.24, 2.45) is 11.8 Å². The third-order valence-corrected chi connectivity index (χ3v) is 7.74. The number of ether oxygens (including phenoxy) is 1. The average Bonchev–Trinajstić information content (AvgIpc) is 3.47. The van der Waals surface area contributed by atoms with E-state index in [9.17, 15) is 14.4 Å². The fourth-order valence-electron chi connectivity index (χ4n) is 6.20. The molecule has 37 heavy (non-hydrogen) atoms. The highest BCUT2D eigenvalue weighted by atomic mass is 16.5. The Bertz CT molecular complexity index is 1440. The number of amides is 3. The number of anilines is 2. The summed E-state index contributed by atoms with van der Waals surface area (Å²) < 4.78 is 5.45. The number of fused-ring (bicyclic) bond motifs is 4. The minimum absolute atomic E-state index is 0.214. The first-order valence-corrected chi connectivity index (χ1v) is 12.4. The molecule has 3 aliphatic heterocycles. The molecule has 7 nitrogen and oxygen atoms in total. The highest BCUT2D eigenvalue weighted by molar-refractivity contribution is 6.26. The zero-order valence-electron chi connectivity index (χ0n) is 20.6. The van der Waals surface area contributed by atoms with Crippen LogP contribution in [0, 0.1) is 11.8 Å². The van der Waals surface area contributed by atoms with Crippen molar-refractivity contribution in [2.45, 2.75) is 18.5 Å². The van der Waals surface area contributed by atoms with E-state index in [-0.39, 0.29) is 23.8 Å². The van der Waals surface area contributed by atoms with Crippen molar-refractivity contribution in [3.63, 3.8) is 0 Å². The first-order chi connectivity index (χ1) is 18.0. The van der Waals surface area contributed by atoms with Crippen LogP contribution >= 0.6 is 0 Å². The molecule has 4 atom stereocenters. The molecule has 3 heterocycles. The molecule has 0 unspecified atom stereocenters. The van der Waals surface area contributed by atoms with Gasteiger partial charge in [0.2, 0.25) is 11.8 Å². The lowest BCUT2D eigenvalue weighted by Crippen LogP contribution is -2.55. The monoisotopic (exact) mass is 493 g/mol. The van der Waals surface area contributed by atoms with E-state index in [1.165, 1.54) is 12.0 Å². The van der Waals surface area contributed by atoms with Crippen molar-refractivity contribution in [1.29, 1.82) is 0 Å². The number of carbonyl (C=O) groups excluding carboxylic acids is 3. The second-order valence-electron chi connectivity index (χ2n) is 9.67. The van der Waals surface area contributed by atoms with Gasteiger partial charge in [-0.3, -0.25) is 19.7 Å². The second kappa shape index (κ2) is 8.71. The van der Waals surface area contributed by atoms with E-state index in [1.54, 1.807) is 29.2 Å². The van der Waals surface area contributed by atoms with Crippen molar-refractivity contribution < 1.29 is 19.1 Å². The van der Waals surface area contributed by atoms with Crippen LogP contribution in [0.5, 0.6) is 5.75 Å². The van der Waals surface area contributed by atoms with Crippen LogP contribution in [0.25, 0.3) is 6.08 Å². The van der Waals surface area contributed by atoms with Crippen molar-refractivity contribution in [2.75, 3.05) is 23.5 Å². The number of nitrogens with one attached hydrogen (secondary N) is 1. The number of nitrogens with zero attached hydrogens (tertiary/aromatic N) is 2. The number of hydrogen-bond donors (Lipinski definition) is 1. The molecule has 0 aromatic heterocycles. The summed E-state index contributed by atoms with van der Waals surface area (Å²) in [7, 11) is 1.51. The van der Waals surface area contributed by atoms with E-state index in [2.05, 4.69) is 5.32 Å². The Balaban J connectivity index is 1.41. The lowest BCUT2D eigenvalue weighted by atomic mass is 9.76. The third kappa shape index (κ3) is 3.27. The largest absolute Gasteiger partial charge is 0.495 e. The molecule has 0 radical (unpaired) electrons. The van der Waals surface area contributed by atoms with Gasteiger partial charge in [-0.1, -0.05) is 72.8 Å². The quantitative estimate of drug-likeness (QED) is 0.548. The van der Waals surface area contributed by atoms with Crippen LogP contribution in [-0.2, 0) is 19.9 Å². The molecule has 3 aromatic rings. The Kier molecular flexibility index (Phi) is 5.46. The Morgan fingerprint density at radius 2 is 1.57 bits per heavy atom. The molecule has 3 amide bonds. The highest BCUT2D eigenvalue weighted by Gasteiger charge is 2.71. The summed E-state index contributed by atoms with van der Waals surface area (Å²) in [6.45, 7) is 2.22. The molecular weight excluding hydrogens is 466 g/mol. The summed E-state index contributed by atoms with van der Waals surface area (Å²) >= 11 is 0. The zero-order chi connectivity index (χ0) is 25.7. The molecule has 0 aliphatic carbocycles. The molecule has 0 saturated carbocycles. The summed E-state index contributed by atoms with van der Waals surface area (Å²) in [6, 6.07) is 24.0. The first kappa shape index (κ1) is 23.2. The van der Waals surface area contributed by atoms with E-state index >= 15 is 0 Å². The van der Waals surface area contributed by atoms with Crippen molar-refractivity contribution in [1.82, 2.24) is 5.32 Å². The molecular formula is C30H27N3O4. The first-order valence-electron chi connectivity index (χ1n) is 12.4. The lowest BCUT2D eigenvalue weighted by molar-refractivity contribution is -0.132. The van der Waals surface area contributed by atoms with E-state index in [1.807, 2.05) is 73.7 Å². The fraction of sp³-hybridized carbons (Fsp3) is 0.233. The summed E-state index contributed by atoms with van der Waals surface area (Å²) in [5, 5.41) is 3.42. The molecule has 7 heteroatoms. The topological polar surface area (TPSA) is 79.0 Å². The normalized spacial score (nSPS) is 26.4. The second-order valence-corrected chi connectivity index (χ2v) is 9.67. The average molecular weight is 494 g/mol. The van der Waals surface area contributed by atoms with Gasteiger partial charge in [-0.2, -0.15) is 0 Å². The van der Waals surface area contributed by atoms with Crippen LogP contribution in [0.3, 0.4) is 0 Å². The maximum atomic E-state index is 14.3. The Hall–Kier alpha value is -4.23. The van der Waals surface area contributed by atoms with Crippen LogP contribution in [0.4, 0.5) is 11.4 Å². The van der Waals surface area contributed by atoms with Gasteiger partial charge in [0.25, 0.3) is 5.91 Å². The Morgan fingerprint density at radius 3 is 2.32 bits per heavy atom. The molecule has 6 rings (SSSR count). The standard InChI is InChI=1S/C30H27N3O4/c1-19-25-26(28(35)33(27(25)34)23-16-8-9-17-24(23)37-2)30(31-19)21-14-6-7-15-22(21)32(29(30)36)18-10-13-20-11-4-3-5-12-20/h3-17,19,25-26,31H,18H2,1-2H3/b13-10-/t19-,25+,26+,30+/m1/s1. The van der Waals surface area contributed by atoms with E-state index < -0.39 is 17.4 Å². The maximum Gasteiger partial charge on any atom is 0.253 e. The molecule has 1 N–H and O–H groups in total. The number of imide groups is 1. The molecule has 3 aliphatic rings. The van der Waals surface area contributed by atoms with Crippen LogP contribution in [0.2, 0.25) is 0 Å². The smallest absolute Gasteiger partial charge is 0.253 e. The van der Waals surface area contributed by atoms with Crippen molar-refractivity contribution in [3.05, 3.63) is 96.1 Å². The van der Waals surface area contributed by atoms with Gasteiger partial charge in [0, 0.05) is 23.8 Å². The lowest BCUT2D eigenvalue weighted by Gasteiger charge is -2.30. The van der Waals surface area contributed by atoms with E-state index in [0.29, 0.717) is 18.0 Å². The summed E-state index contributed by atoms with van der Waals surface area (Å²) in [4.78, 5) is 45.0. The maximum absolute atomic E-state index is 14.3. The number of carbonyl (C=O) groups is 3. The summed E-state index contributed by atoms with van der Waals surface area (Å²) in [6.07, 6.45) is 3.92. The number of benzene rings is 3. The van der Waals surface area contributed by atoms with Crippen molar-refractivity contribution >= 4 is 35.2 Å². The number of hydrogen-bond acceptors (Lipinski definition) is 5. The van der Waals surface area contributed by atoms with Gasteiger partial charge in [0.1, 0.15) is 11.3 Å². The van der Waals surface area contributed by atoms with Gasteiger partial charge in [0.05, 0.1) is 24.6 Å².